The Bertz CT molecular complexity index is 556. The fourth-order valence-corrected chi connectivity index (χ4v) is 3.39. The molecule has 3 heterocycles. The molecule has 6 nitrogen and oxygen atoms in total. The third-order valence-corrected chi connectivity index (χ3v) is 4.87. The largest absolute Gasteiger partial charge is 0.463 e. The number of hydrogen-bond acceptors (Lipinski definition) is 6. The Morgan fingerprint density at radius 1 is 1.45 bits per heavy atom. The van der Waals surface area contributed by atoms with Crippen molar-refractivity contribution >= 4 is 5.97 Å². The second-order valence-corrected chi connectivity index (χ2v) is 6.24. The topological polar surface area (TPSA) is 55.1 Å². The van der Waals surface area contributed by atoms with Crippen LogP contribution in [0.3, 0.4) is 0 Å². The standard InChI is InChI=1S/C16H24N2O4/c1-10-7-13(22-15(10)16(19)20-4)11(2)18-8-12-14(9-18)21-6-5-17(12)3/h7,11-12,14H,5-6,8-9H2,1-4H3/t11-,12+,14+/m0/s1. The van der Waals surface area contributed by atoms with E-state index in [0.29, 0.717) is 11.8 Å². The van der Waals surface area contributed by atoms with Gasteiger partial charge in [0.1, 0.15) is 5.76 Å². The molecule has 2 aliphatic heterocycles. The van der Waals surface area contributed by atoms with Crippen LogP contribution in [0.2, 0.25) is 0 Å². The Morgan fingerprint density at radius 3 is 2.91 bits per heavy atom. The third-order valence-electron chi connectivity index (χ3n) is 4.87. The number of likely N-dealkylation sites (N-methyl/N-ethyl adjacent to an activating group) is 1. The number of ether oxygens (including phenoxy) is 2. The summed E-state index contributed by atoms with van der Waals surface area (Å²) in [6.45, 7) is 7.60. The van der Waals surface area contributed by atoms with Crippen LogP contribution >= 0.6 is 0 Å². The van der Waals surface area contributed by atoms with Crippen molar-refractivity contribution in [3.8, 4) is 0 Å². The SMILES string of the molecule is COC(=O)c1oc([C@H](C)N2C[C@@H]3[C@@H](C2)OCCN3C)cc1C. The zero-order valence-electron chi connectivity index (χ0n) is 13.7. The van der Waals surface area contributed by atoms with Crippen molar-refractivity contribution < 1.29 is 18.7 Å². The van der Waals surface area contributed by atoms with Crippen LogP contribution in [0.5, 0.6) is 0 Å². The zero-order valence-corrected chi connectivity index (χ0v) is 13.7. The van der Waals surface area contributed by atoms with Gasteiger partial charge >= 0.3 is 5.97 Å². The number of furan rings is 1. The molecule has 6 heteroatoms. The van der Waals surface area contributed by atoms with Crippen molar-refractivity contribution in [2.24, 2.45) is 0 Å². The Morgan fingerprint density at radius 2 is 2.23 bits per heavy atom. The molecule has 22 heavy (non-hydrogen) atoms. The van der Waals surface area contributed by atoms with Crippen LogP contribution in [-0.4, -0.2) is 68.3 Å². The summed E-state index contributed by atoms with van der Waals surface area (Å²) in [5.41, 5.74) is 0.818. The van der Waals surface area contributed by atoms with E-state index < -0.39 is 5.97 Å². The van der Waals surface area contributed by atoms with E-state index >= 15 is 0 Å². The van der Waals surface area contributed by atoms with Gasteiger partial charge in [0.15, 0.2) is 0 Å². The number of carbonyl (C=O) groups is 1. The van der Waals surface area contributed by atoms with Crippen molar-refractivity contribution in [3.63, 3.8) is 0 Å². The summed E-state index contributed by atoms with van der Waals surface area (Å²) >= 11 is 0. The summed E-state index contributed by atoms with van der Waals surface area (Å²) in [6.07, 6.45) is 0.261. The Labute approximate surface area is 131 Å². The summed E-state index contributed by atoms with van der Waals surface area (Å²) in [4.78, 5) is 16.4. The predicted octanol–water partition coefficient (Wildman–Crippen LogP) is 1.45. The second-order valence-electron chi connectivity index (χ2n) is 6.24. The first-order chi connectivity index (χ1) is 10.5. The highest BCUT2D eigenvalue weighted by Gasteiger charge is 2.41. The molecule has 0 radical (unpaired) electrons. The molecule has 0 aliphatic carbocycles. The molecule has 2 saturated heterocycles. The molecule has 2 aliphatic rings. The van der Waals surface area contributed by atoms with Gasteiger partial charge in [-0.25, -0.2) is 4.79 Å². The molecule has 1 aromatic heterocycles. The summed E-state index contributed by atoms with van der Waals surface area (Å²) in [7, 11) is 3.52. The number of fused-ring (bicyclic) bond motifs is 1. The Kier molecular flexibility index (Phi) is 4.25. The van der Waals surface area contributed by atoms with E-state index in [1.807, 2.05) is 13.0 Å². The minimum Gasteiger partial charge on any atom is -0.463 e. The molecule has 0 saturated carbocycles. The summed E-state index contributed by atoms with van der Waals surface area (Å²) in [5.74, 6) is 0.683. The molecule has 0 N–H and O–H groups in total. The highest BCUT2D eigenvalue weighted by atomic mass is 16.5. The molecule has 1 aromatic rings. The highest BCUT2D eigenvalue weighted by Crippen LogP contribution is 2.31. The fraction of sp³-hybridized carbons (Fsp3) is 0.688. The first kappa shape index (κ1) is 15.5. The monoisotopic (exact) mass is 308 g/mol. The van der Waals surface area contributed by atoms with Crippen LogP contribution < -0.4 is 0 Å². The Hall–Kier alpha value is -1.37. The molecule has 2 fully saturated rings. The van der Waals surface area contributed by atoms with Crippen LogP contribution in [0, 0.1) is 6.92 Å². The first-order valence-corrected chi connectivity index (χ1v) is 7.75. The lowest BCUT2D eigenvalue weighted by atomic mass is 10.1. The van der Waals surface area contributed by atoms with Crippen molar-refractivity contribution in [1.29, 1.82) is 0 Å². The number of carbonyl (C=O) groups excluding carboxylic acids is 1. The van der Waals surface area contributed by atoms with E-state index in [-0.39, 0.29) is 12.1 Å². The van der Waals surface area contributed by atoms with Crippen LogP contribution in [0.25, 0.3) is 0 Å². The average Bonchev–Trinajstić information content (AvgIpc) is 3.10. The van der Waals surface area contributed by atoms with E-state index in [1.54, 1.807) is 0 Å². The number of esters is 1. The molecule has 0 spiro atoms. The van der Waals surface area contributed by atoms with E-state index in [1.165, 1.54) is 7.11 Å². The molecule has 0 bridgehead atoms. The molecule has 3 rings (SSSR count). The first-order valence-electron chi connectivity index (χ1n) is 7.75. The minimum absolute atomic E-state index is 0.111. The average molecular weight is 308 g/mol. The van der Waals surface area contributed by atoms with Crippen molar-refractivity contribution in [2.75, 3.05) is 40.4 Å². The van der Waals surface area contributed by atoms with Gasteiger partial charge < -0.3 is 13.9 Å². The maximum absolute atomic E-state index is 11.7. The molecule has 0 aromatic carbocycles. The lowest BCUT2D eigenvalue weighted by Gasteiger charge is -2.33. The smallest absolute Gasteiger partial charge is 0.374 e. The van der Waals surface area contributed by atoms with Gasteiger partial charge in [0.05, 0.1) is 25.9 Å². The predicted molar refractivity (Wildman–Crippen MR) is 80.9 cm³/mol. The van der Waals surface area contributed by atoms with Crippen LogP contribution in [0.1, 0.15) is 34.8 Å². The minimum atomic E-state index is -0.422. The van der Waals surface area contributed by atoms with Gasteiger partial charge in [-0.15, -0.1) is 0 Å². The number of aryl methyl sites for hydroxylation is 1. The zero-order chi connectivity index (χ0) is 15.9. The number of nitrogens with zero attached hydrogens (tertiary/aromatic N) is 2. The van der Waals surface area contributed by atoms with Gasteiger partial charge in [-0.2, -0.15) is 0 Å². The fourth-order valence-electron chi connectivity index (χ4n) is 3.39. The van der Waals surface area contributed by atoms with Gasteiger partial charge in [-0.3, -0.25) is 9.80 Å². The maximum atomic E-state index is 11.7. The third kappa shape index (κ3) is 2.66. The molecular weight excluding hydrogens is 284 g/mol. The van der Waals surface area contributed by atoms with Crippen LogP contribution in [-0.2, 0) is 9.47 Å². The lowest BCUT2D eigenvalue weighted by molar-refractivity contribution is -0.0372. The normalized spacial score (nSPS) is 27.6. The maximum Gasteiger partial charge on any atom is 0.374 e. The molecule has 0 amide bonds. The Balaban J connectivity index is 1.74. The van der Waals surface area contributed by atoms with Crippen LogP contribution in [0.4, 0.5) is 0 Å². The molecule has 122 valence electrons. The van der Waals surface area contributed by atoms with Gasteiger partial charge in [0.25, 0.3) is 0 Å². The number of likely N-dealkylation sites (tertiary alicyclic amines) is 1. The van der Waals surface area contributed by atoms with E-state index in [2.05, 4.69) is 23.8 Å². The molecular formula is C16H24N2O4. The van der Waals surface area contributed by atoms with Crippen LogP contribution in [0.15, 0.2) is 10.5 Å². The van der Waals surface area contributed by atoms with Gasteiger partial charge in [-0.05, 0) is 27.0 Å². The van der Waals surface area contributed by atoms with Gasteiger partial charge in [0, 0.05) is 31.2 Å². The number of rotatable bonds is 3. The highest BCUT2D eigenvalue weighted by molar-refractivity contribution is 5.87. The van der Waals surface area contributed by atoms with E-state index in [9.17, 15) is 4.79 Å². The number of hydrogen-bond donors (Lipinski definition) is 0. The molecule has 3 atom stereocenters. The lowest BCUT2D eigenvalue weighted by Crippen LogP contribution is -2.48. The quantitative estimate of drug-likeness (QED) is 0.788. The van der Waals surface area contributed by atoms with Gasteiger partial charge in [-0.1, -0.05) is 0 Å². The van der Waals surface area contributed by atoms with Gasteiger partial charge in [0.2, 0.25) is 5.76 Å². The summed E-state index contributed by atoms with van der Waals surface area (Å²) in [6, 6.07) is 2.48. The summed E-state index contributed by atoms with van der Waals surface area (Å²) < 4.78 is 16.4. The van der Waals surface area contributed by atoms with E-state index in [4.69, 9.17) is 13.9 Å². The molecule has 0 unspecified atom stereocenters. The number of morpholine rings is 1. The second kappa shape index (κ2) is 6.02. The summed E-state index contributed by atoms with van der Waals surface area (Å²) in [5, 5.41) is 0. The van der Waals surface area contributed by atoms with Crippen molar-refractivity contribution in [2.45, 2.75) is 32.0 Å². The number of methoxy groups -OCH3 is 1. The van der Waals surface area contributed by atoms with E-state index in [0.717, 1.165) is 37.6 Å². The van der Waals surface area contributed by atoms with Crippen molar-refractivity contribution in [1.82, 2.24) is 9.80 Å². The van der Waals surface area contributed by atoms with Crippen molar-refractivity contribution in [3.05, 3.63) is 23.2 Å².